The topological polar surface area (TPSA) is 91.6 Å². The Morgan fingerprint density at radius 3 is 2.67 bits per heavy atom. The number of anilines is 1. The summed E-state index contributed by atoms with van der Waals surface area (Å²) in [6.07, 6.45) is 4.41. The summed E-state index contributed by atoms with van der Waals surface area (Å²) in [5.41, 5.74) is 1.30. The van der Waals surface area contributed by atoms with Crippen molar-refractivity contribution >= 4 is 21.6 Å². The molecule has 1 aromatic heterocycles. The molecule has 2 heterocycles. The summed E-state index contributed by atoms with van der Waals surface area (Å²) < 4.78 is 32.6. The number of benzene rings is 1. The number of carbonyl (C=O) groups is 1. The van der Waals surface area contributed by atoms with E-state index >= 15 is 0 Å². The molecule has 0 radical (unpaired) electrons. The predicted molar refractivity (Wildman–Crippen MR) is 103 cm³/mol. The van der Waals surface area contributed by atoms with Gasteiger partial charge in [0.15, 0.2) is 0 Å². The van der Waals surface area contributed by atoms with Crippen LogP contribution in [-0.2, 0) is 21.4 Å². The first-order valence-electron chi connectivity index (χ1n) is 9.10. The second-order valence-corrected chi connectivity index (χ2v) is 8.56. The number of sulfonamides is 1. The summed E-state index contributed by atoms with van der Waals surface area (Å²) in [4.78, 5) is 12.3. The number of furan rings is 1. The first kappa shape index (κ1) is 19.4. The Hall–Kier alpha value is -2.32. The number of rotatable bonds is 7. The number of piperidine rings is 1. The molecule has 0 unspecified atom stereocenters. The first-order valence-corrected chi connectivity index (χ1v) is 10.5. The van der Waals surface area contributed by atoms with E-state index in [1.54, 1.807) is 47.8 Å². The maximum atomic E-state index is 12.9. The molecule has 8 heteroatoms. The molecule has 0 bridgehead atoms. The quantitative estimate of drug-likeness (QED) is 0.757. The number of amides is 1. The van der Waals surface area contributed by atoms with Crippen molar-refractivity contribution in [3.8, 4) is 0 Å². The van der Waals surface area contributed by atoms with Crippen molar-refractivity contribution in [2.45, 2.75) is 37.6 Å². The van der Waals surface area contributed by atoms with Gasteiger partial charge in [-0.05, 0) is 49.6 Å². The predicted octanol–water partition coefficient (Wildman–Crippen LogP) is 2.49. The van der Waals surface area contributed by atoms with Crippen molar-refractivity contribution in [1.82, 2.24) is 9.62 Å². The standard InChI is InChI=1S/C19H25N3O4S/c1-15-7-8-16(20-14-19(23)21-13-17-6-5-11-26-17)12-18(15)27(24,25)22-9-3-2-4-10-22/h5-8,11-12,20H,2-4,9-10,13-14H2,1H3,(H,21,23). The molecule has 1 amide bonds. The molecule has 146 valence electrons. The third kappa shape index (κ3) is 4.90. The lowest BCUT2D eigenvalue weighted by Crippen LogP contribution is -2.36. The molecule has 1 saturated heterocycles. The molecule has 27 heavy (non-hydrogen) atoms. The average Bonchev–Trinajstić information content (AvgIpc) is 3.20. The fourth-order valence-electron chi connectivity index (χ4n) is 3.08. The van der Waals surface area contributed by atoms with Gasteiger partial charge < -0.3 is 15.1 Å². The lowest BCUT2D eigenvalue weighted by atomic mass is 10.2. The maximum absolute atomic E-state index is 12.9. The van der Waals surface area contributed by atoms with E-state index in [-0.39, 0.29) is 12.5 Å². The molecule has 0 saturated carbocycles. The fraction of sp³-hybridized carbons (Fsp3) is 0.421. The Morgan fingerprint density at radius 1 is 1.19 bits per heavy atom. The molecule has 0 aliphatic carbocycles. The molecule has 0 spiro atoms. The SMILES string of the molecule is Cc1ccc(NCC(=O)NCc2ccco2)cc1S(=O)(=O)N1CCCCC1. The van der Waals surface area contributed by atoms with Gasteiger partial charge in [-0.3, -0.25) is 4.79 Å². The molecular weight excluding hydrogens is 366 g/mol. The highest BCUT2D eigenvalue weighted by Crippen LogP contribution is 2.25. The van der Waals surface area contributed by atoms with Crippen LogP contribution in [0.1, 0.15) is 30.6 Å². The van der Waals surface area contributed by atoms with Crippen molar-refractivity contribution in [1.29, 1.82) is 0 Å². The molecule has 2 aromatic rings. The van der Waals surface area contributed by atoms with Crippen LogP contribution in [0.5, 0.6) is 0 Å². The monoisotopic (exact) mass is 391 g/mol. The van der Waals surface area contributed by atoms with Crippen LogP contribution in [0.2, 0.25) is 0 Å². The van der Waals surface area contributed by atoms with Crippen LogP contribution in [0, 0.1) is 6.92 Å². The zero-order chi connectivity index (χ0) is 19.3. The zero-order valence-electron chi connectivity index (χ0n) is 15.4. The molecule has 1 aromatic carbocycles. The van der Waals surface area contributed by atoms with E-state index < -0.39 is 10.0 Å². The number of aryl methyl sites for hydroxylation is 1. The number of nitrogens with one attached hydrogen (secondary N) is 2. The van der Waals surface area contributed by atoms with E-state index in [0.29, 0.717) is 41.5 Å². The van der Waals surface area contributed by atoms with Crippen LogP contribution in [0.25, 0.3) is 0 Å². The van der Waals surface area contributed by atoms with Gasteiger partial charge in [0.1, 0.15) is 5.76 Å². The van der Waals surface area contributed by atoms with Crippen LogP contribution in [0.4, 0.5) is 5.69 Å². The second-order valence-electron chi connectivity index (χ2n) is 6.65. The summed E-state index contributed by atoms with van der Waals surface area (Å²) in [5, 5.41) is 5.73. The van der Waals surface area contributed by atoms with Crippen LogP contribution in [-0.4, -0.2) is 38.3 Å². The maximum Gasteiger partial charge on any atom is 0.243 e. The molecule has 2 N–H and O–H groups in total. The largest absolute Gasteiger partial charge is 0.467 e. The van der Waals surface area contributed by atoms with Gasteiger partial charge in [0.05, 0.1) is 24.2 Å². The molecular formula is C19H25N3O4S. The summed E-state index contributed by atoms with van der Waals surface area (Å²) in [5.74, 6) is 0.473. The van der Waals surface area contributed by atoms with Crippen molar-refractivity contribution in [2.75, 3.05) is 25.0 Å². The van der Waals surface area contributed by atoms with Gasteiger partial charge in [0.2, 0.25) is 15.9 Å². The van der Waals surface area contributed by atoms with Gasteiger partial charge in [-0.1, -0.05) is 12.5 Å². The van der Waals surface area contributed by atoms with Crippen molar-refractivity contribution in [2.24, 2.45) is 0 Å². The van der Waals surface area contributed by atoms with Crippen molar-refractivity contribution in [3.63, 3.8) is 0 Å². The van der Waals surface area contributed by atoms with Crippen LogP contribution in [0.15, 0.2) is 45.9 Å². The third-order valence-corrected chi connectivity index (χ3v) is 6.65. The molecule has 0 atom stereocenters. The van der Waals surface area contributed by atoms with Gasteiger partial charge in [-0.25, -0.2) is 8.42 Å². The Balaban J connectivity index is 1.63. The highest BCUT2D eigenvalue weighted by molar-refractivity contribution is 7.89. The average molecular weight is 391 g/mol. The Bertz CT molecular complexity index is 872. The third-order valence-electron chi connectivity index (χ3n) is 4.61. The van der Waals surface area contributed by atoms with Crippen LogP contribution < -0.4 is 10.6 Å². The molecule has 1 aliphatic rings. The molecule has 1 aliphatic heterocycles. The molecule has 7 nitrogen and oxygen atoms in total. The highest BCUT2D eigenvalue weighted by Gasteiger charge is 2.27. The van der Waals surface area contributed by atoms with Gasteiger partial charge in [0, 0.05) is 18.8 Å². The Morgan fingerprint density at radius 2 is 1.96 bits per heavy atom. The minimum Gasteiger partial charge on any atom is -0.467 e. The lowest BCUT2D eigenvalue weighted by Gasteiger charge is -2.26. The van der Waals surface area contributed by atoms with Gasteiger partial charge in [-0.15, -0.1) is 0 Å². The van der Waals surface area contributed by atoms with Crippen molar-refractivity contribution < 1.29 is 17.6 Å². The molecule has 3 rings (SSSR count). The fourth-order valence-corrected chi connectivity index (χ4v) is 4.84. The van der Waals surface area contributed by atoms with E-state index in [0.717, 1.165) is 19.3 Å². The summed E-state index contributed by atoms with van der Waals surface area (Å²) in [6.45, 7) is 3.28. The Kier molecular flexibility index (Phi) is 6.18. The smallest absolute Gasteiger partial charge is 0.243 e. The lowest BCUT2D eigenvalue weighted by molar-refractivity contribution is -0.119. The number of carbonyl (C=O) groups excluding carboxylic acids is 1. The summed E-state index contributed by atoms with van der Waals surface area (Å²) in [7, 11) is -3.51. The van der Waals surface area contributed by atoms with E-state index in [2.05, 4.69) is 10.6 Å². The summed E-state index contributed by atoms with van der Waals surface area (Å²) >= 11 is 0. The van der Waals surface area contributed by atoms with Crippen LogP contribution in [0.3, 0.4) is 0 Å². The number of hydrogen-bond acceptors (Lipinski definition) is 5. The van der Waals surface area contributed by atoms with Crippen LogP contribution >= 0.6 is 0 Å². The van der Waals surface area contributed by atoms with E-state index in [9.17, 15) is 13.2 Å². The van der Waals surface area contributed by atoms with Gasteiger partial charge >= 0.3 is 0 Å². The van der Waals surface area contributed by atoms with E-state index in [4.69, 9.17) is 4.42 Å². The van der Waals surface area contributed by atoms with Crippen molar-refractivity contribution in [3.05, 3.63) is 47.9 Å². The summed E-state index contributed by atoms with van der Waals surface area (Å²) in [6, 6.07) is 8.70. The number of hydrogen-bond donors (Lipinski definition) is 2. The van der Waals surface area contributed by atoms with Gasteiger partial charge in [-0.2, -0.15) is 4.31 Å². The zero-order valence-corrected chi connectivity index (χ0v) is 16.2. The minimum atomic E-state index is -3.51. The normalized spacial score (nSPS) is 15.4. The van der Waals surface area contributed by atoms with E-state index in [1.165, 1.54) is 0 Å². The second kappa shape index (κ2) is 8.58. The van der Waals surface area contributed by atoms with E-state index in [1.807, 2.05) is 0 Å². The minimum absolute atomic E-state index is 0.0486. The molecule has 1 fully saturated rings. The first-order chi connectivity index (χ1) is 13.0. The van der Waals surface area contributed by atoms with Gasteiger partial charge in [0.25, 0.3) is 0 Å². The Labute approximate surface area is 159 Å². The number of nitrogens with zero attached hydrogens (tertiary/aromatic N) is 1. The highest BCUT2D eigenvalue weighted by atomic mass is 32.2.